The molecule has 0 radical (unpaired) electrons. The molecule has 1 aliphatic carbocycles. The number of carbonyl (C=O) groups is 3. The van der Waals surface area contributed by atoms with Crippen LogP contribution in [0.25, 0.3) is 0 Å². The van der Waals surface area contributed by atoms with Crippen LogP contribution < -0.4 is 0 Å². The number of allylic oxidation sites excluding steroid dienone is 2. The standard InChI is InChI=1S/C15H18N2O5/c1-6-11(18)9-8(13(20)14(6)22-4)7-5-16(2)15(21)10(12(9)19)17(7)3/h7,10,12,19H,5H2,1-4H3/t7-,10-,12+/m0/s1. The van der Waals surface area contributed by atoms with E-state index in [0.717, 1.165) is 0 Å². The van der Waals surface area contributed by atoms with Crippen molar-refractivity contribution in [1.82, 2.24) is 9.80 Å². The van der Waals surface area contributed by atoms with Crippen LogP contribution in [0.3, 0.4) is 0 Å². The van der Waals surface area contributed by atoms with Crippen LogP contribution in [0, 0.1) is 0 Å². The SMILES string of the molecule is COC1=C(C)C(=O)C2=C(C1=O)[C@@H]1CN(C)C(=O)[C@H]([C@@H]2O)N1C. The molecule has 0 aromatic heterocycles. The average molecular weight is 306 g/mol. The quantitative estimate of drug-likeness (QED) is 0.617. The van der Waals surface area contributed by atoms with E-state index in [2.05, 4.69) is 0 Å². The number of ether oxygens (including phenoxy) is 1. The zero-order valence-corrected chi connectivity index (χ0v) is 12.9. The van der Waals surface area contributed by atoms with Gasteiger partial charge in [-0.25, -0.2) is 0 Å². The number of methoxy groups -OCH3 is 1. The molecule has 118 valence electrons. The zero-order valence-electron chi connectivity index (χ0n) is 12.9. The third kappa shape index (κ3) is 1.66. The predicted octanol–water partition coefficient (Wildman–Crippen LogP) is -1.13. The van der Waals surface area contributed by atoms with Crippen LogP contribution in [0.5, 0.6) is 0 Å². The van der Waals surface area contributed by atoms with E-state index in [1.54, 1.807) is 19.0 Å². The molecule has 2 bridgehead atoms. The molecule has 22 heavy (non-hydrogen) atoms. The van der Waals surface area contributed by atoms with Gasteiger partial charge >= 0.3 is 0 Å². The lowest BCUT2D eigenvalue weighted by Gasteiger charge is -2.50. The second-order valence-electron chi connectivity index (χ2n) is 5.93. The van der Waals surface area contributed by atoms with Crippen molar-refractivity contribution in [3.05, 3.63) is 22.5 Å². The second-order valence-corrected chi connectivity index (χ2v) is 5.93. The minimum atomic E-state index is -1.31. The van der Waals surface area contributed by atoms with E-state index < -0.39 is 24.0 Å². The average Bonchev–Trinajstić information content (AvgIpc) is 2.46. The van der Waals surface area contributed by atoms with Crippen molar-refractivity contribution >= 4 is 17.5 Å². The lowest BCUT2D eigenvalue weighted by Crippen LogP contribution is -2.68. The van der Waals surface area contributed by atoms with Crippen LogP contribution in [-0.2, 0) is 19.1 Å². The fourth-order valence-electron chi connectivity index (χ4n) is 3.60. The Morgan fingerprint density at radius 1 is 1.14 bits per heavy atom. The predicted molar refractivity (Wildman–Crippen MR) is 75.7 cm³/mol. The van der Waals surface area contributed by atoms with Crippen molar-refractivity contribution in [2.75, 3.05) is 27.7 Å². The van der Waals surface area contributed by atoms with E-state index in [0.29, 0.717) is 6.54 Å². The molecule has 7 nitrogen and oxygen atoms in total. The Labute approximate surface area is 127 Å². The number of carbonyl (C=O) groups excluding carboxylic acids is 3. The molecule has 3 rings (SSSR count). The van der Waals surface area contributed by atoms with E-state index in [1.165, 1.54) is 18.9 Å². The van der Waals surface area contributed by atoms with Gasteiger partial charge in [0.05, 0.1) is 13.2 Å². The number of aliphatic hydroxyl groups excluding tert-OH is 1. The first-order chi connectivity index (χ1) is 10.3. The Kier molecular flexibility index (Phi) is 3.23. The third-order valence-electron chi connectivity index (χ3n) is 4.81. The molecule has 2 aliphatic heterocycles. The first kappa shape index (κ1) is 14.9. The van der Waals surface area contributed by atoms with Crippen molar-refractivity contribution in [1.29, 1.82) is 0 Å². The summed E-state index contributed by atoms with van der Waals surface area (Å²) < 4.78 is 5.09. The fourth-order valence-corrected chi connectivity index (χ4v) is 3.60. The number of hydrogen-bond acceptors (Lipinski definition) is 6. The molecule has 1 N–H and O–H groups in total. The lowest BCUT2D eigenvalue weighted by atomic mass is 9.75. The maximum absolute atomic E-state index is 12.7. The van der Waals surface area contributed by atoms with E-state index in [-0.39, 0.29) is 34.2 Å². The van der Waals surface area contributed by atoms with Gasteiger partial charge < -0.3 is 14.7 Å². The molecule has 7 heteroatoms. The molecule has 2 heterocycles. The molecule has 0 aromatic carbocycles. The number of rotatable bonds is 1. The Morgan fingerprint density at radius 2 is 1.77 bits per heavy atom. The first-order valence-electron chi connectivity index (χ1n) is 7.04. The normalized spacial score (nSPS) is 32.7. The molecule has 1 amide bonds. The maximum atomic E-state index is 12.7. The first-order valence-corrected chi connectivity index (χ1v) is 7.04. The number of likely N-dealkylation sites (N-methyl/N-ethyl adjacent to an activating group) is 2. The van der Waals surface area contributed by atoms with Crippen molar-refractivity contribution in [3.63, 3.8) is 0 Å². The Morgan fingerprint density at radius 3 is 2.36 bits per heavy atom. The topological polar surface area (TPSA) is 87.2 Å². The van der Waals surface area contributed by atoms with Crippen LogP contribution in [-0.4, -0.2) is 78.3 Å². The Balaban J connectivity index is 2.21. The number of Topliss-reactive ketones (excluding diaryl/α,β-unsaturated/α-hetero) is 2. The highest BCUT2D eigenvalue weighted by atomic mass is 16.5. The molecule has 0 saturated carbocycles. The molecule has 0 unspecified atom stereocenters. The number of piperazine rings is 1. The monoisotopic (exact) mass is 306 g/mol. The minimum Gasteiger partial charge on any atom is -0.492 e. The number of amides is 1. The van der Waals surface area contributed by atoms with Gasteiger partial charge in [-0.15, -0.1) is 0 Å². The summed E-state index contributed by atoms with van der Waals surface area (Å²) in [5.74, 6) is -1.04. The molecule has 0 spiro atoms. The van der Waals surface area contributed by atoms with E-state index in [9.17, 15) is 19.5 Å². The molecule has 0 aromatic rings. The summed E-state index contributed by atoms with van der Waals surface area (Å²) in [6.07, 6.45) is -1.31. The van der Waals surface area contributed by atoms with Crippen LogP contribution in [0.15, 0.2) is 22.5 Å². The maximum Gasteiger partial charge on any atom is 0.242 e. The molecular weight excluding hydrogens is 288 g/mol. The van der Waals surface area contributed by atoms with Crippen molar-refractivity contribution in [3.8, 4) is 0 Å². The largest absolute Gasteiger partial charge is 0.492 e. The Bertz CT molecular complexity index is 663. The summed E-state index contributed by atoms with van der Waals surface area (Å²) >= 11 is 0. The van der Waals surface area contributed by atoms with Crippen LogP contribution >= 0.6 is 0 Å². The van der Waals surface area contributed by atoms with Crippen LogP contribution in [0.1, 0.15) is 6.92 Å². The van der Waals surface area contributed by atoms with E-state index in [1.807, 2.05) is 0 Å². The minimum absolute atomic E-state index is 0.0161. The lowest BCUT2D eigenvalue weighted by molar-refractivity contribution is -0.148. The summed E-state index contributed by atoms with van der Waals surface area (Å²) in [4.78, 5) is 40.7. The van der Waals surface area contributed by atoms with Gasteiger partial charge in [-0.1, -0.05) is 0 Å². The highest BCUT2D eigenvalue weighted by Gasteiger charge is 2.54. The molecule has 1 fully saturated rings. The van der Waals surface area contributed by atoms with Crippen molar-refractivity contribution in [2.24, 2.45) is 0 Å². The number of nitrogens with zero attached hydrogens (tertiary/aromatic N) is 2. The summed E-state index contributed by atoms with van der Waals surface area (Å²) in [5, 5.41) is 10.6. The van der Waals surface area contributed by atoms with Crippen LogP contribution in [0.2, 0.25) is 0 Å². The smallest absolute Gasteiger partial charge is 0.242 e. The van der Waals surface area contributed by atoms with Crippen molar-refractivity contribution < 1.29 is 24.2 Å². The second kappa shape index (κ2) is 4.76. The number of ketones is 2. The number of hydrogen-bond donors (Lipinski definition) is 1. The summed E-state index contributed by atoms with van der Waals surface area (Å²) in [5.41, 5.74) is 0.477. The summed E-state index contributed by atoms with van der Waals surface area (Å²) in [7, 11) is 4.65. The van der Waals surface area contributed by atoms with Gasteiger partial charge in [0, 0.05) is 30.3 Å². The highest BCUT2D eigenvalue weighted by molar-refractivity contribution is 6.25. The summed E-state index contributed by atoms with van der Waals surface area (Å²) in [6, 6.07) is -1.25. The number of aliphatic hydroxyl groups is 1. The van der Waals surface area contributed by atoms with Crippen LogP contribution in [0.4, 0.5) is 0 Å². The van der Waals surface area contributed by atoms with Gasteiger partial charge in [0.1, 0.15) is 12.1 Å². The summed E-state index contributed by atoms with van der Waals surface area (Å²) in [6.45, 7) is 1.80. The molecular formula is C15H18N2O5. The highest BCUT2D eigenvalue weighted by Crippen LogP contribution is 2.38. The molecule has 3 aliphatic rings. The van der Waals surface area contributed by atoms with Gasteiger partial charge in [-0.3, -0.25) is 19.3 Å². The van der Waals surface area contributed by atoms with Gasteiger partial charge in [-0.2, -0.15) is 0 Å². The third-order valence-corrected chi connectivity index (χ3v) is 4.81. The Hall–Kier alpha value is -1.99. The number of fused-ring (bicyclic) bond motifs is 3. The van der Waals surface area contributed by atoms with Gasteiger partial charge in [0.15, 0.2) is 11.5 Å². The molecule has 1 saturated heterocycles. The van der Waals surface area contributed by atoms with E-state index in [4.69, 9.17) is 4.74 Å². The van der Waals surface area contributed by atoms with Crippen molar-refractivity contribution in [2.45, 2.75) is 25.1 Å². The van der Waals surface area contributed by atoms with Gasteiger partial charge in [0.25, 0.3) is 0 Å². The fraction of sp³-hybridized carbons (Fsp3) is 0.533. The van der Waals surface area contributed by atoms with Gasteiger partial charge in [0.2, 0.25) is 11.7 Å². The van der Waals surface area contributed by atoms with Gasteiger partial charge in [-0.05, 0) is 14.0 Å². The van der Waals surface area contributed by atoms with E-state index >= 15 is 0 Å². The molecule has 3 atom stereocenters. The zero-order chi connectivity index (χ0) is 16.3.